The number of nitrogens with zero attached hydrogens (tertiary/aromatic N) is 4. The smallest absolute Gasteiger partial charge is 0.187 e. The van der Waals surface area contributed by atoms with Gasteiger partial charge in [0, 0.05) is 0 Å². The predicted molar refractivity (Wildman–Crippen MR) is 75.7 cm³/mol. The molecule has 0 atom stereocenters. The van der Waals surface area contributed by atoms with Gasteiger partial charge >= 0.3 is 0 Å². The number of halogens is 1. The van der Waals surface area contributed by atoms with Gasteiger partial charge in [0.05, 0.1) is 18.5 Å². The highest BCUT2D eigenvalue weighted by Gasteiger charge is 2.13. The summed E-state index contributed by atoms with van der Waals surface area (Å²) in [5.74, 6) is 0.811. The maximum Gasteiger partial charge on any atom is 0.187 e. The fourth-order valence-electron chi connectivity index (χ4n) is 2.00. The molecule has 0 unspecified atom stereocenters. The summed E-state index contributed by atoms with van der Waals surface area (Å²) >= 11 is 0. The Morgan fingerprint density at radius 1 is 1.19 bits per heavy atom. The van der Waals surface area contributed by atoms with E-state index >= 15 is 0 Å². The molecule has 0 aliphatic heterocycles. The Hall–Kier alpha value is -2.76. The van der Waals surface area contributed by atoms with E-state index in [1.807, 2.05) is 6.92 Å². The molecule has 0 aliphatic carbocycles. The summed E-state index contributed by atoms with van der Waals surface area (Å²) in [4.78, 5) is 4.28. The lowest BCUT2D eigenvalue weighted by Crippen LogP contribution is -2.00. The van der Waals surface area contributed by atoms with Gasteiger partial charge in [0.15, 0.2) is 5.82 Å². The molecule has 0 bridgehead atoms. The molecule has 5 nitrogen and oxygen atoms in total. The molecule has 3 rings (SSSR count). The molecule has 106 valence electrons. The zero-order valence-corrected chi connectivity index (χ0v) is 11.4. The van der Waals surface area contributed by atoms with Crippen LogP contribution in [0.3, 0.4) is 0 Å². The maximum absolute atomic E-state index is 13.9. The molecule has 1 aromatic carbocycles. The van der Waals surface area contributed by atoms with Gasteiger partial charge in [-0.15, -0.1) is 10.2 Å². The van der Waals surface area contributed by atoms with Gasteiger partial charge in [0.2, 0.25) is 0 Å². The van der Waals surface area contributed by atoms with E-state index in [2.05, 4.69) is 15.2 Å². The van der Waals surface area contributed by atoms with E-state index < -0.39 is 0 Å². The van der Waals surface area contributed by atoms with E-state index in [0.717, 1.165) is 0 Å². The largest absolute Gasteiger partial charge is 0.492 e. The molecule has 0 fully saturated rings. The molecular formula is C15H13FN4O. The lowest BCUT2D eigenvalue weighted by molar-refractivity contribution is 0.339. The molecule has 2 aromatic heterocycles. The Kier molecular flexibility index (Phi) is 3.59. The number of hydrogen-bond donors (Lipinski definition) is 0. The van der Waals surface area contributed by atoms with E-state index in [-0.39, 0.29) is 5.82 Å². The van der Waals surface area contributed by atoms with E-state index in [4.69, 9.17) is 4.74 Å². The number of ether oxygens (including phenoxy) is 1. The van der Waals surface area contributed by atoms with Gasteiger partial charge in [0.1, 0.15) is 23.6 Å². The molecule has 0 saturated heterocycles. The van der Waals surface area contributed by atoms with Crippen molar-refractivity contribution in [2.24, 2.45) is 0 Å². The zero-order valence-electron chi connectivity index (χ0n) is 11.4. The Morgan fingerprint density at radius 2 is 2.05 bits per heavy atom. The van der Waals surface area contributed by atoms with E-state index in [0.29, 0.717) is 29.6 Å². The second kappa shape index (κ2) is 5.70. The SMILES string of the molecule is CCOc1ccc(-c2nncn2-c2ccccc2F)nc1. The first-order valence-corrected chi connectivity index (χ1v) is 6.53. The molecule has 0 N–H and O–H groups in total. The molecule has 6 heteroatoms. The Labute approximate surface area is 121 Å². The Balaban J connectivity index is 2.01. The Morgan fingerprint density at radius 3 is 2.76 bits per heavy atom. The molecule has 3 aromatic rings. The number of pyridine rings is 1. The van der Waals surface area contributed by atoms with Crippen molar-refractivity contribution in [1.29, 1.82) is 0 Å². The van der Waals surface area contributed by atoms with E-state index in [9.17, 15) is 4.39 Å². The van der Waals surface area contributed by atoms with Gasteiger partial charge in [0.25, 0.3) is 0 Å². The van der Waals surface area contributed by atoms with Gasteiger partial charge in [-0.3, -0.25) is 4.57 Å². The third-order valence-electron chi connectivity index (χ3n) is 2.94. The van der Waals surface area contributed by atoms with Crippen LogP contribution in [0, 0.1) is 5.82 Å². The minimum atomic E-state index is -0.343. The summed E-state index contributed by atoms with van der Waals surface area (Å²) in [6.07, 6.45) is 3.07. The quantitative estimate of drug-likeness (QED) is 0.739. The minimum absolute atomic E-state index is 0.343. The summed E-state index contributed by atoms with van der Waals surface area (Å²) in [5.41, 5.74) is 0.979. The highest BCUT2D eigenvalue weighted by Crippen LogP contribution is 2.22. The zero-order chi connectivity index (χ0) is 14.7. The molecule has 0 amide bonds. The van der Waals surface area contributed by atoms with Gasteiger partial charge in [-0.2, -0.15) is 0 Å². The van der Waals surface area contributed by atoms with Crippen LogP contribution in [0.1, 0.15) is 6.92 Å². The summed E-state index contributed by atoms with van der Waals surface area (Å²) < 4.78 is 20.8. The highest BCUT2D eigenvalue weighted by molar-refractivity contribution is 5.54. The second-order valence-corrected chi connectivity index (χ2v) is 4.29. The van der Waals surface area contributed by atoms with Crippen molar-refractivity contribution in [3.8, 4) is 23.0 Å². The molecule has 21 heavy (non-hydrogen) atoms. The normalized spacial score (nSPS) is 10.6. The third kappa shape index (κ3) is 2.60. The lowest BCUT2D eigenvalue weighted by Gasteiger charge is -2.07. The summed E-state index contributed by atoms with van der Waals surface area (Å²) in [7, 11) is 0. The van der Waals surface area contributed by atoms with Crippen LogP contribution in [-0.4, -0.2) is 26.4 Å². The van der Waals surface area contributed by atoms with Gasteiger partial charge in [-0.05, 0) is 31.2 Å². The van der Waals surface area contributed by atoms with Crippen LogP contribution in [0.2, 0.25) is 0 Å². The van der Waals surface area contributed by atoms with Crippen molar-refractivity contribution in [3.05, 3.63) is 54.7 Å². The molecule has 0 radical (unpaired) electrons. The van der Waals surface area contributed by atoms with E-state index in [1.54, 1.807) is 41.1 Å². The summed E-state index contributed by atoms with van der Waals surface area (Å²) in [6.45, 7) is 2.48. The van der Waals surface area contributed by atoms with Crippen molar-refractivity contribution in [1.82, 2.24) is 19.7 Å². The van der Waals surface area contributed by atoms with Crippen molar-refractivity contribution < 1.29 is 9.13 Å². The molecule has 2 heterocycles. The van der Waals surface area contributed by atoms with Crippen LogP contribution in [0.5, 0.6) is 5.75 Å². The number of rotatable bonds is 4. The van der Waals surface area contributed by atoms with Crippen LogP contribution >= 0.6 is 0 Å². The first-order valence-electron chi connectivity index (χ1n) is 6.53. The molecule has 0 saturated carbocycles. The third-order valence-corrected chi connectivity index (χ3v) is 2.94. The fourth-order valence-corrected chi connectivity index (χ4v) is 2.00. The number of aromatic nitrogens is 4. The molecular weight excluding hydrogens is 271 g/mol. The monoisotopic (exact) mass is 284 g/mol. The standard InChI is InChI=1S/C15H13FN4O/c1-2-21-11-7-8-13(17-9-11)15-19-18-10-20(15)14-6-4-3-5-12(14)16/h3-10H,2H2,1H3. The summed E-state index contributed by atoms with van der Waals surface area (Å²) in [6, 6.07) is 10.0. The maximum atomic E-state index is 13.9. The number of benzene rings is 1. The molecule has 0 aliphatic rings. The lowest BCUT2D eigenvalue weighted by atomic mass is 10.2. The Bertz CT molecular complexity index is 739. The van der Waals surface area contributed by atoms with Crippen molar-refractivity contribution >= 4 is 0 Å². The fraction of sp³-hybridized carbons (Fsp3) is 0.133. The van der Waals surface area contributed by atoms with Crippen LogP contribution in [0.25, 0.3) is 17.2 Å². The van der Waals surface area contributed by atoms with Crippen LogP contribution in [-0.2, 0) is 0 Å². The highest BCUT2D eigenvalue weighted by atomic mass is 19.1. The van der Waals surface area contributed by atoms with Gasteiger partial charge in [-0.25, -0.2) is 9.37 Å². The van der Waals surface area contributed by atoms with Crippen molar-refractivity contribution in [2.45, 2.75) is 6.92 Å². The van der Waals surface area contributed by atoms with Crippen molar-refractivity contribution in [2.75, 3.05) is 6.61 Å². The van der Waals surface area contributed by atoms with Gasteiger partial charge in [-0.1, -0.05) is 12.1 Å². The predicted octanol–water partition coefficient (Wildman–Crippen LogP) is 2.87. The average Bonchev–Trinajstić information content (AvgIpc) is 2.98. The van der Waals surface area contributed by atoms with Crippen LogP contribution < -0.4 is 4.74 Å². The molecule has 0 spiro atoms. The van der Waals surface area contributed by atoms with E-state index in [1.165, 1.54) is 12.4 Å². The minimum Gasteiger partial charge on any atom is -0.492 e. The number of hydrogen-bond acceptors (Lipinski definition) is 4. The van der Waals surface area contributed by atoms with Gasteiger partial charge < -0.3 is 4.74 Å². The first kappa shape index (κ1) is 13.2. The second-order valence-electron chi connectivity index (χ2n) is 4.29. The summed E-state index contributed by atoms with van der Waals surface area (Å²) in [5, 5.41) is 7.87. The first-order chi connectivity index (χ1) is 10.3. The average molecular weight is 284 g/mol. The topological polar surface area (TPSA) is 52.8 Å². The number of para-hydroxylation sites is 1. The van der Waals surface area contributed by atoms with Crippen LogP contribution in [0.4, 0.5) is 4.39 Å². The van der Waals surface area contributed by atoms with Crippen LogP contribution in [0.15, 0.2) is 48.9 Å². The van der Waals surface area contributed by atoms with Crippen molar-refractivity contribution in [3.63, 3.8) is 0 Å².